The molecule has 0 amide bonds. The molecule has 1 aromatic heterocycles. The number of nitrogens with zero attached hydrogens (tertiary/aromatic N) is 2. The highest BCUT2D eigenvalue weighted by Crippen LogP contribution is 2.18. The number of hydrogen-bond acceptors (Lipinski definition) is 3. The molecule has 0 atom stereocenters. The molecule has 94 valence electrons. The molecular weight excluding hydrogens is 244 g/mol. The van der Waals surface area contributed by atoms with Crippen molar-refractivity contribution in [2.45, 2.75) is 24.8 Å². The van der Waals surface area contributed by atoms with Crippen molar-refractivity contribution in [3.05, 3.63) is 48.3 Å². The molecule has 0 bridgehead atoms. The van der Waals surface area contributed by atoms with Crippen LogP contribution in [-0.4, -0.2) is 21.3 Å². The molecule has 0 saturated heterocycles. The van der Waals surface area contributed by atoms with E-state index in [4.69, 9.17) is 0 Å². The lowest BCUT2D eigenvalue weighted by molar-refractivity contribution is 0.102. The summed E-state index contributed by atoms with van der Waals surface area (Å²) in [7, 11) is 0. The largest absolute Gasteiger partial charge is 0.293 e. The van der Waals surface area contributed by atoms with Gasteiger partial charge in [0.15, 0.2) is 5.78 Å². The minimum atomic E-state index is 0.131. The van der Waals surface area contributed by atoms with E-state index >= 15 is 0 Å². The van der Waals surface area contributed by atoms with E-state index in [9.17, 15) is 4.79 Å². The first-order chi connectivity index (χ1) is 8.79. The van der Waals surface area contributed by atoms with Gasteiger partial charge >= 0.3 is 0 Å². The number of hydrogen-bond donors (Lipinski definition) is 0. The molecule has 3 nitrogen and oxygen atoms in total. The number of ketones is 1. The lowest BCUT2D eigenvalue weighted by Gasteiger charge is -1.99. The Kier molecular flexibility index (Phi) is 4.59. The summed E-state index contributed by atoms with van der Waals surface area (Å²) in [5.74, 6) is 0.591. The van der Waals surface area contributed by atoms with Crippen LogP contribution in [0.3, 0.4) is 0 Å². The van der Waals surface area contributed by atoms with Gasteiger partial charge in [-0.05, 0) is 18.6 Å². The van der Waals surface area contributed by atoms with Crippen molar-refractivity contribution in [1.82, 2.24) is 9.78 Å². The lowest BCUT2D eigenvalue weighted by atomic mass is 10.3. The zero-order valence-electron chi connectivity index (χ0n) is 10.4. The summed E-state index contributed by atoms with van der Waals surface area (Å²) in [6.45, 7) is 2.95. The molecule has 0 aliphatic rings. The third-order valence-corrected chi connectivity index (χ3v) is 3.53. The summed E-state index contributed by atoms with van der Waals surface area (Å²) >= 11 is 1.56. The molecule has 0 radical (unpaired) electrons. The van der Waals surface area contributed by atoms with Crippen LogP contribution >= 0.6 is 11.8 Å². The molecule has 4 heteroatoms. The quantitative estimate of drug-likeness (QED) is 0.590. The highest BCUT2D eigenvalue weighted by atomic mass is 32.2. The molecule has 0 aliphatic carbocycles. The Bertz CT molecular complexity index is 508. The van der Waals surface area contributed by atoms with E-state index in [0.717, 1.165) is 17.9 Å². The molecule has 0 aliphatic heterocycles. The van der Waals surface area contributed by atoms with E-state index in [2.05, 4.69) is 12.0 Å². The average Bonchev–Trinajstić information content (AvgIpc) is 2.86. The van der Waals surface area contributed by atoms with Crippen LogP contribution in [0, 0.1) is 0 Å². The van der Waals surface area contributed by atoms with E-state index in [-0.39, 0.29) is 5.78 Å². The molecule has 18 heavy (non-hydrogen) atoms. The van der Waals surface area contributed by atoms with Gasteiger partial charge in [-0.25, -0.2) is 0 Å². The van der Waals surface area contributed by atoms with Gasteiger partial charge in [-0.2, -0.15) is 5.10 Å². The first kappa shape index (κ1) is 12.9. The Balaban J connectivity index is 1.91. The zero-order chi connectivity index (χ0) is 12.8. The molecule has 1 aromatic carbocycles. The molecule has 0 saturated carbocycles. The Hall–Kier alpha value is -1.55. The Labute approximate surface area is 111 Å². The van der Waals surface area contributed by atoms with Gasteiger partial charge in [0.05, 0.1) is 17.5 Å². The topological polar surface area (TPSA) is 34.9 Å². The smallest absolute Gasteiger partial charge is 0.176 e. The predicted octanol–water partition coefficient (Wildman–Crippen LogP) is 3.27. The molecular formula is C14H16N2OS. The summed E-state index contributed by atoms with van der Waals surface area (Å²) in [5.41, 5.74) is 0.701. The van der Waals surface area contributed by atoms with Crippen LogP contribution < -0.4 is 0 Å². The standard InChI is InChI=1S/C14H16N2OS/c1-2-8-16-10-12(9-15-16)14(17)11-18-13-6-4-3-5-7-13/h3-7,9-10H,2,8,11H2,1H3. The van der Waals surface area contributed by atoms with Crippen LogP contribution in [0.2, 0.25) is 0 Å². The Morgan fingerprint density at radius 1 is 1.33 bits per heavy atom. The normalized spacial score (nSPS) is 10.5. The zero-order valence-corrected chi connectivity index (χ0v) is 11.2. The minimum absolute atomic E-state index is 0.131. The van der Waals surface area contributed by atoms with Crippen molar-refractivity contribution < 1.29 is 4.79 Å². The minimum Gasteiger partial charge on any atom is -0.293 e. The van der Waals surface area contributed by atoms with E-state index in [1.807, 2.05) is 41.2 Å². The highest BCUT2D eigenvalue weighted by Gasteiger charge is 2.09. The second-order valence-electron chi connectivity index (χ2n) is 4.02. The van der Waals surface area contributed by atoms with Crippen LogP contribution in [0.4, 0.5) is 0 Å². The predicted molar refractivity (Wildman–Crippen MR) is 74.0 cm³/mol. The maximum absolute atomic E-state index is 12.0. The number of aryl methyl sites for hydroxylation is 1. The van der Waals surface area contributed by atoms with Gasteiger partial charge in [0.2, 0.25) is 0 Å². The van der Waals surface area contributed by atoms with Crippen LogP contribution in [0.5, 0.6) is 0 Å². The molecule has 2 aromatic rings. The van der Waals surface area contributed by atoms with Crippen molar-refractivity contribution in [1.29, 1.82) is 0 Å². The molecule has 0 unspecified atom stereocenters. The van der Waals surface area contributed by atoms with Crippen LogP contribution in [-0.2, 0) is 6.54 Å². The van der Waals surface area contributed by atoms with Gasteiger partial charge in [-0.3, -0.25) is 9.48 Å². The summed E-state index contributed by atoms with van der Waals surface area (Å²) in [4.78, 5) is 13.1. The van der Waals surface area contributed by atoms with E-state index < -0.39 is 0 Å². The molecule has 2 rings (SSSR count). The number of benzene rings is 1. The average molecular weight is 260 g/mol. The first-order valence-corrected chi connectivity index (χ1v) is 7.01. The van der Waals surface area contributed by atoms with Crippen LogP contribution in [0.25, 0.3) is 0 Å². The second-order valence-corrected chi connectivity index (χ2v) is 5.07. The summed E-state index contributed by atoms with van der Waals surface area (Å²) < 4.78 is 1.82. The summed E-state index contributed by atoms with van der Waals surface area (Å²) in [6.07, 6.45) is 4.51. The molecule has 1 heterocycles. The Morgan fingerprint density at radius 2 is 2.11 bits per heavy atom. The third kappa shape index (κ3) is 3.47. The van der Waals surface area contributed by atoms with Gasteiger partial charge < -0.3 is 0 Å². The molecule has 0 N–H and O–H groups in total. The van der Waals surface area contributed by atoms with Gasteiger partial charge in [0.25, 0.3) is 0 Å². The van der Waals surface area contributed by atoms with Crippen molar-refractivity contribution in [2.24, 2.45) is 0 Å². The van der Waals surface area contributed by atoms with Gasteiger partial charge in [-0.1, -0.05) is 25.1 Å². The number of carbonyl (C=O) groups excluding carboxylic acids is 1. The number of thioether (sulfide) groups is 1. The second kappa shape index (κ2) is 6.40. The maximum Gasteiger partial charge on any atom is 0.176 e. The highest BCUT2D eigenvalue weighted by molar-refractivity contribution is 8.00. The Morgan fingerprint density at radius 3 is 2.83 bits per heavy atom. The molecule has 0 spiro atoms. The van der Waals surface area contributed by atoms with Crippen molar-refractivity contribution in [3.63, 3.8) is 0 Å². The van der Waals surface area contributed by atoms with Crippen LogP contribution in [0.1, 0.15) is 23.7 Å². The fourth-order valence-electron chi connectivity index (χ4n) is 1.61. The third-order valence-electron chi connectivity index (χ3n) is 2.52. The van der Waals surface area contributed by atoms with E-state index in [0.29, 0.717) is 11.3 Å². The monoisotopic (exact) mass is 260 g/mol. The summed E-state index contributed by atoms with van der Waals surface area (Å²) in [6, 6.07) is 9.95. The van der Waals surface area contributed by atoms with Crippen molar-refractivity contribution in [3.8, 4) is 0 Å². The maximum atomic E-state index is 12.0. The number of carbonyl (C=O) groups is 1. The van der Waals surface area contributed by atoms with Gasteiger partial charge in [0.1, 0.15) is 0 Å². The number of aromatic nitrogens is 2. The fraction of sp³-hybridized carbons (Fsp3) is 0.286. The van der Waals surface area contributed by atoms with Gasteiger partial charge in [0, 0.05) is 17.6 Å². The number of rotatable bonds is 6. The van der Waals surface area contributed by atoms with Crippen molar-refractivity contribution in [2.75, 3.05) is 5.75 Å². The van der Waals surface area contributed by atoms with E-state index in [1.54, 1.807) is 18.0 Å². The SMILES string of the molecule is CCCn1cc(C(=O)CSc2ccccc2)cn1. The fourth-order valence-corrected chi connectivity index (χ4v) is 2.42. The first-order valence-electron chi connectivity index (χ1n) is 6.03. The summed E-state index contributed by atoms with van der Waals surface area (Å²) in [5, 5.41) is 4.17. The molecule has 0 fully saturated rings. The number of Topliss-reactive ketones (excluding diaryl/α,β-unsaturated/α-hetero) is 1. The van der Waals surface area contributed by atoms with Crippen molar-refractivity contribution >= 4 is 17.5 Å². The van der Waals surface area contributed by atoms with Crippen LogP contribution in [0.15, 0.2) is 47.6 Å². The van der Waals surface area contributed by atoms with E-state index in [1.165, 1.54) is 0 Å². The van der Waals surface area contributed by atoms with Gasteiger partial charge in [-0.15, -0.1) is 11.8 Å². The lowest BCUT2D eigenvalue weighted by Crippen LogP contribution is -2.01.